The molecule has 11 heteroatoms. The third kappa shape index (κ3) is 7.58. The maximum atomic E-state index is 14.0. The topological polar surface area (TPSA) is 86.8 Å². The van der Waals surface area contributed by atoms with Gasteiger partial charge in [0.25, 0.3) is 10.0 Å². The van der Waals surface area contributed by atoms with Crippen LogP contribution in [0.15, 0.2) is 77.7 Å². The van der Waals surface area contributed by atoms with Gasteiger partial charge in [0.05, 0.1) is 10.6 Å². The lowest BCUT2D eigenvalue weighted by atomic mass is 9.95. The first-order valence-corrected chi connectivity index (χ1v) is 15.6. The molecule has 7 nitrogen and oxygen atoms in total. The van der Waals surface area contributed by atoms with E-state index in [4.69, 9.17) is 23.2 Å². The van der Waals surface area contributed by atoms with Crippen LogP contribution in [0.1, 0.15) is 44.6 Å². The number of amides is 2. The molecule has 1 aliphatic rings. The summed E-state index contributed by atoms with van der Waals surface area (Å²) in [5.74, 6) is -1.57. The lowest BCUT2D eigenvalue weighted by molar-refractivity contribution is -0.139. The number of para-hydroxylation sites is 1. The van der Waals surface area contributed by atoms with Gasteiger partial charge in [-0.15, -0.1) is 0 Å². The van der Waals surface area contributed by atoms with E-state index in [0.717, 1.165) is 60.7 Å². The minimum Gasteiger partial charge on any atom is -0.352 e. The fourth-order valence-corrected chi connectivity index (χ4v) is 6.79. The summed E-state index contributed by atoms with van der Waals surface area (Å²) in [6.07, 6.45) is 4.88. The summed E-state index contributed by atoms with van der Waals surface area (Å²) >= 11 is 12.9. The van der Waals surface area contributed by atoms with E-state index in [1.165, 1.54) is 4.90 Å². The predicted octanol–water partition coefficient (Wildman–Crippen LogP) is 6.19. The summed E-state index contributed by atoms with van der Waals surface area (Å²) < 4.78 is 42.0. The molecule has 1 saturated carbocycles. The summed E-state index contributed by atoms with van der Waals surface area (Å²) in [6, 6.07) is 16.5. The van der Waals surface area contributed by atoms with Crippen LogP contribution in [0.2, 0.25) is 10.0 Å². The highest BCUT2D eigenvalue weighted by Crippen LogP contribution is 2.28. The van der Waals surface area contributed by atoms with Crippen molar-refractivity contribution in [2.45, 2.75) is 62.6 Å². The highest BCUT2D eigenvalue weighted by atomic mass is 35.5. The molecule has 1 aliphatic carbocycles. The van der Waals surface area contributed by atoms with E-state index in [1.807, 2.05) is 0 Å². The minimum absolute atomic E-state index is 0.0132. The van der Waals surface area contributed by atoms with E-state index in [0.29, 0.717) is 15.6 Å². The third-order valence-corrected chi connectivity index (χ3v) is 9.73. The zero-order valence-electron chi connectivity index (χ0n) is 22.6. The summed E-state index contributed by atoms with van der Waals surface area (Å²) in [4.78, 5) is 28.5. The van der Waals surface area contributed by atoms with Crippen LogP contribution in [0.5, 0.6) is 0 Å². The molecule has 41 heavy (non-hydrogen) atoms. The summed E-state index contributed by atoms with van der Waals surface area (Å²) in [6.45, 7) is 0.866. The number of carbonyl (C=O) groups is 2. The molecule has 1 atom stereocenters. The van der Waals surface area contributed by atoms with Crippen molar-refractivity contribution in [2.75, 3.05) is 10.8 Å². The Kier molecular flexibility index (Phi) is 10.3. The number of sulfonamides is 1. The number of halogens is 3. The van der Waals surface area contributed by atoms with E-state index in [9.17, 15) is 22.4 Å². The first-order chi connectivity index (χ1) is 19.6. The van der Waals surface area contributed by atoms with Crippen LogP contribution in [0.4, 0.5) is 10.1 Å². The van der Waals surface area contributed by atoms with Gasteiger partial charge in [-0.2, -0.15) is 0 Å². The molecule has 0 aromatic heterocycles. The van der Waals surface area contributed by atoms with Crippen LogP contribution in [0, 0.1) is 5.82 Å². The standard InChI is InChI=1S/C30H32Cl2FN3O4S/c1-21(30(38)34-23-9-4-2-5-10-23)35(19-26-27(31)13-8-14-28(26)32)29(37)20-36(24-11-6-3-7-12-24)41(39,40)25-17-15-22(33)16-18-25/h3,6-8,11-18,21,23H,2,4-5,9-10,19-20H2,1H3,(H,34,38)/t21-/m1/s1. The molecule has 3 aromatic rings. The molecular formula is C30H32Cl2FN3O4S. The average molecular weight is 621 g/mol. The smallest absolute Gasteiger partial charge is 0.264 e. The summed E-state index contributed by atoms with van der Waals surface area (Å²) in [5, 5.41) is 3.68. The second-order valence-corrected chi connectivity index (χ2v) is 12.7. The van der Waals surface area contributed by atoms with Gasteiger partial charge in [0.15, 0.2) is 0 Å². The van der Waals surface area contributed by atoms with Gasteiger partial charge in [-0.25, -0.2) is 12.8 Å². The first-order valence-electron chi connectivity index (χ1n) is 13.4. The number of carbonyl (C=O) groups excluding carboxylic acids is 2. The van der Waals surface area contributed by atoms with Crippen LogP contribution in [0.25, 0.3) is 0 Å². The molecule has 2 amide bonds. The number of anilines is 1. The van der Waals surface area contributed by atoms with E-state index in [-0.39, 0.29) is 29.1 Å². The highest BCUT2D eigenvalue weighted by molar-refractivity contribution is 7.92. The Bertz CT molecular complexity index is 1450. The first kappa shape index (κ1) is 30.8. The molecular weight excluding hydrogens is 588 g/mol. The lowest BCUT2D eigenvalue weighted by Gasteiger charge is -2.33. The number of nitrogens with one attached hydrogen (secondary N) is 1. The Balaban J connectivity index is 1.69. The van der Waals surface area contributed by atoms with Crippen LogP contribution >= 0.6 is 23.2 Å². The van der Waals surface area contributed by atoms with Crippen molar-refractivity contribution >= 4 is 50.7 Å². The number of hydrogen-bond donors (Lipinski definition) is 1. The van der Waals surface area contributed by atoms with Gasteiger partial charge in [-0.1, -0.05) is 66.7 Å². The minimum atomic E-state index is -4.29. The Labute approximate surface area is 250 Å². The molecule has 0 radical (unpaired) electrons. The van der Waals surface area contributed by atoms with Gasteiger partial charge in [-0.05, 0) is 68.3 Å². The molecule has 3 aromatic carbocycles. The third-order valence-electron chi connectivity index (χ3n) is 7.23. The molecule has 1 N–H and O–H groups in total. The lowest BCUT2D eigenvalue weighted by Crippen LogP contribution is -2.53. The molecule has 0 heterocycles. The van der Waals surface area contributed by atoms with Crippen molar-refractivity contribution in [2.24, 2.45) is 0 Å². The van der Waals surface area contributed by atoms with Gasteiger partial charge >= 0.3 is 0 Å². The average Bonchev–Trinajstić information content (AvgIpc) is 2.96. The number of rotatable bonds is 10. The van der Waals surface area contributed by atoms with Gasteiger partial charge in [0.2, 0.25) is 11.8 Å². The molecule has 0 saturated heterocycles. The number of hydrogen-bond acceptors (Lipinski definition) is 4. The molecule has 0 bridgehead atoms. The zero-order valence-corrected chi connectivity index (χ0v) is 24.9. The fraction of sp³-hybridized carbons (Fsp3) is 0.333. The quantitative estimate of drug-likeness (QED) is 0.293. The van der Waals surface area contributed by atoms with Crippen LogP contribution in [-0.4, -0.2) is 43.8 Å². The SMILES string of the molecule is C[C@H](C(=O)NC1CCCCC1)N(Cc1c(Cl)cccc1Cl)C(=O)CN(c1ccccc1)S(=O)(=O)c1ccc(F)cc1. The number of nitrogens with zero attached hydrogens (tertiary/aromatic N) is 2. The van der Waals surface area contributed by atoms with Gasteiger partial charge in [-0.3, -0.25) is 13.9 Å². The van der Waals surface area contributed by atoms with Gasteiger partial charge in [0, 0.05) is 28.2 Å². The Morgan fingerprint density at radius 1 is 0.927 bits per heavy atom. The van der Waals surface area contributed by atoms with E-state index >= 15 is 0 Å². The fourth-order valence-electron chi connectivity index (χ4n) is 4.86. The van der Waals surface area contributed by atoms with E-state index in [2.05, 4.69) is 5.32 Å². The maximum absolute atomic E-state index is 14.0. The van der Waals surface area contributed by atoms with Gasteiger partial charge < -0.3 is 10.2 Å². The predicted molar refractivity (Wildman–Crippen MR) is 159 cm³/mol. The normalized spacial score (nSPS) is 14.7. The molecule has 0 aliphatic heterocycles. The second-order valence-electron chi connectivity index (χ2n) is 10.0. The van der Waals surface area contributed by atoms with Crippen molar-refractivity contribution in [3.63, 3.8) is 0 Å². The number of benzene rings is 3. The van der Waals surface area contributed by atoms with Crippen molar-refractivity contribution in [1.29, 1.82) is 0 Å². The Morgan fingerprint density at radius 2 is 1.54 bits per heavy atom. The molecule has 0 unspecified atom stereocenters. The highest BCUT2D eigenvalue weighted by Gasteiger charge is 2.33. The molecule has 218 valence electrons. The maximum Gasteiger partial charge on any atom is 0.264 e. The molecule has 1 fully saturated rings. The van der Waals surface area contributed by atoms with Crippen molar-refractivity contribution in [1.82, 2.24) is 10.2 Å². The van der Waals surface area contributed by atoms with Crippen molar-refractivity contribution in [3.8, 4) is 0 Å². The van der Waals surface area contributed by atoms with E-state index < -0.39 is 34.3 Å². The monoisotopic (exact) mass is 619 g/mol. The van der Waals surface area contributed by atoms with Crippen LogP contribution in [-0.2, 0) is 26.2 Å². The zero-order chi connectivity index (χ0) is 29.6. The van der Waals surface area contributed by atoms with Crippen LogP contribution in [0.3, 0.4) is 0 Å². The Hall–Kier alpha value is -3.14. The summed E-state index contributed by atoms with van der Waals surface area (Å²) in [7, 11) is -4.29. The summed E-state index contributed by atoms with van der Waals surface area (Å²) in [5.41, 5.74) is 0.675. The van der Waals surface area contributed by atoms with Crippen molar-refractivity contribution in [3.05, 3.63) is 94.2 Å². The van der Waals surface area contributed by atoms with Crippen LogP contribution < -0.4 is 9.62 Å². The second kappa shape index (κ2) is 13.7. The van der Waals surface area contributed by atoms with Gasteiger partial charge in [0.1, 0.15) is 18.4 Å². The van der Waals surface area contributed by atoms with Crippen molar-refractivity contribution < 1.29 is 22.4 Å². The molecule has 4 rings (SSSR count). The molecule has 0 spiro atoms. The Morgan fingerprint density at radius 3 is 2.15 bits per heavy atom. The van der Waals surface area contributed by atoms with E-state index in [1.54, 1.807) is 55.5 Å². The largest absolute Gasteiger partial charge is 0.352 e.